The number of ether oxygens (including phenoxy) is 1. The van der Waals surface area contributed by atoms with Crippen LogP contribution in [0.2, 0.25) is 17.4 Å². The molecule has 0 bridgehead atoms. The fourth-order valence-corrected chi connectivity index (χ4v) is 1.50. The summed E-state index contributed by atoms with van der Waals surface area (Å²) in [5.74, 6) is 6.92. The van der Waals surface area contributed by atoms with Gasteiger partial charge in [-0.25, -0.2) is 4.79 Å². The van der Waals surface area contributed by atoms with Gasteiger partial charge in [-0.15, -0.1) is 17.4 Å². The van der Waals surface area contributed by atoms with Crippen LogP contribution in [0.5, 0.6) is 0 Å². The summed E-state index contributed by atoms with van der Waals surface area (Å²) in [7, 11) is 0. The molecular formula is C13H29AlN2O2. The molecule has 0 aliphatic carbocycles. The second kappa shape index (κ2) is 8.04. The number of carbonyl (C=O) groups is 1. The number of nitrogens with two attached hydrogens (primary N) is 1. The van der Waals surface area contributed by atoms with E-state index in [0.29, 0.717) is 6.54 Å². The Labute approximate surface area is 116 Å². The molecule has 0 aromatic carbocycles. The zero-order chi connectivity index (χ0) is 14.3. The van der Waals surface area contributed by atoms with Crippen molar-refractivity contribution < 1.29 is 9.53 Å². The van der Waals surface area contributed by atoms with Crippen LogP contribution in [0.3, 0.4) is 0 Å². The van der Waals surface area contributed by atoms with Crippen molar-refractivity contribution in [3.05, 3.63) is 0 Å². The molecule has 0 aromatic heterocycles. The number of amides is 1. The van der Waals surface area contributed by atoms with Crippen LogP contribution in [0.25, 0.3) is 0 Å². The van der Waals surface area contributed by atoms with Crippen molar-refractivity contribution in [3.8, 4) is 0 Å². The summed E-state index contributed by atoms with van der Waals surface area (Å²) < 4.78 is 5.26. The van der Waals surface area contributed by atoms with Gasteiger partial charge < -0.3 is 15.4 Å². The van der Waals surface area contributed by atoms with E-state index in [2.05, 4.69) is 17.4 Å². The van der Waals surface area contributed by atoms with E-state index in [0.717, 1.165) is 19.4 Å². The maximum atomic E-state index is 11.6. The van der Waals surface area contributed by atoms with Gasteiger partial charge in [-0.05, 0) is 33.6 Å². The molecule has 1 saturated heterocycles. The predicted molar refractivity (Wildman–Crippen MR) is 78.4 cm³/mol. The molecule has 0 saturated carbocycles. The lowest BCUT2D eigenvalue weighted by atomic mass is 10.1. The van der Waals surface area contributed by atoms with Crippen LogP contribution in [0, 0.1) is 0 Å². The van der Waals surface area contributed by atoms with Crippen LogP contribution in [0.4, 0.5) is 4.79 Å². The molecule has 18 heavy (non-hydrogen) atoms. The molecule has 1 atom stereocenters. The molecule has 4 nitrogen and oxygen atoms in total. The normalized spacial score (nSPS) is 19.7. The zero-order valence-corrected chi connectivity index (χ0v) is 14.0. The molecule has 1 fully saturated rings. The van der Waals surface area contributed by atoms with Gasteiger partial charge in [0.05, 0.1) is 0 Å². The molecule has 1 amide bonds. The third-order valence-corrected chi connectivity index (χ3v) is 2.11. The highest BCUT2D eigenvalue weighted by atomic mass is 27.2. The Balaban J connectivity index is 0.000000631. The largest absolute Gasteiger partial charge is 0.444 e. The number of nitrogens with zero attached hydrogens (tertiary/aromatic N) is 1. The van der Waals surface area contributed by atoms with E-state index in [1.54, 1.807) is 4.90 Å². The maximum absolute atomic E-state index is 11.6. The Morgan fingerprint density at radius 1 is 1.33 bits per heavy atom. The average molecular weight is 272 g/mol. The van der Waals surface area contributed by atoms with Crippen molar-refractivity contribution in [1.82, 2.24) is 4.90 Å². The highest BCUT2D eigenvalue weighted by molar-refractivity contribution is 6.54. The minimum absolute atomic E-state index is 0.108. The van der Waals surface area contributed by atoms with E-state index < -0.39 is 5.60 Å². The van der Waals surface area contributed by atoms with Crippen molar-refractivity contribution in [2.45, 2.75) is 62.6 Å². The number of piperidine rings is 1. The molecule has 2 N–H and O–H groups in total. The maximum Gasteiger partial charge on any atom is 0.410 e. The zero-order valence-electron chi connectivity index (χ0n) is 12.8. The third-order valence-electron chi connectivity index (χ3n) is 2.11. The van der Waals surface area contributed by atoms with Crippen LogP contribution < -0.4 is 5.73 Å². The van der Waals surface area contributed by atoms with Gasteiger partial charge in [0.2, 0.25) is 0 Å². The van der Waals surface area contributed by atoms with E-state index in [4.69, 9.17) is 10.5 Å². The summed E-state index contributed by atoms with van der Waals surface area (Å²) in [4.78, 5) is 13.3. The molecule has 106 valence electrons. The molecule has 1 aliphatic rings. The molecule has 0 radical (unpaired) electrons. The smallest absolute Gasteiger partial charge is 0.410 e. The molecule has 1 rings (SSSR count). The van der Waals surface area contributed by atoms with Crippen LogP contribution in [-0.2, 0) is 4.74 Å². The second-order valence-electron chi connectivity index (χ2n) is 6.56. The first-order valence-electron chi connectivity index (χ1n) is 6.85. The lowest BCUT2D eigenvalue weighted by Gasteiger charge is -2.32. The first-order valence-corrected chi connectivity index (χ1v) is 10.3. The van der Waals surface area contributed by atoms with E-state index in [-0.39, 0.29) is 26.3 Å². The van der Waals surface area contributed by atoms with Gasteiger partial charge >= 0.3 is 6.09 Å². The SMILES string of the molecule is CC(C)(C)OC(=O)N1CCC[C@H](N)C1.[CH3][Al]([CH3])[CH3]. The molecule has 0 aromatic rings. The van der Waals surface area contributed by atoms with E-state index >= 15 is 0 Å². The Morgan fingerprint density at radius 3 is 2.22 bits per heavy atom. The fourth-order valence-electron chi connectivity index (χ4n) is 1.50. The topological polar surface area (TPSA) is 55.6 Å². The molecule has 1 heterocycles. The molecule has 1 aliphatic heterocycles. The first-order chi connectivity index (χ1) is 8.11. The lowest BCUT2D eigenvalue weighted by Crippen LogP contribution is -2.47. The van der Waals surface area contributed by atoms with Crippen molar-refractivity contribution in [2.24, 2.45) is 5.73 Å². The lowest BCUT2D eigenvalue weighted by molar-refractivity contribution is 0.0200. The van der Waals surface area contributed by atoms with Crippen molar-refractivity contribution >= 4 is 20.2 Å². The van der Waals surface area contributed by atoms with Crippen LogP contribution in [0.1, 0.15) is 33.6 Å². The van der Waals surface area contributed by atoms with Crippen molar-refractivity contribution in [3.63, 3.8) is 0 Å². The minimum atomic E-state index is -0.418. The quantitative estimate of drug-likeness (QED) is 0.690. The second-order valence-corrected chi connectivity index (χ2v) is 10.0. The highest BCUT2D eigenvalue weighted by Gasteiger charge is 2.25. The minimum Gasteiger partial charge on any atom is -0.444 e. The Morgan fingerprint density at radius 2 is 1.83 bits per heavy atom. The fraction of sp³-hybridized carbons (Fsp3) is 0.923. The van der Waals surface area contributed by atoms with Gasteiger partial charge in [-0.1, -0.05) is 0 Å². The third kappa shape index (κ3) is 9.76. The predicted octanol–water partition coefficient (Wildman–Crippen LogP) is 2.72. The molecule has 5 heteroatoms. The number of carbonyl (C=O) groups excluding carboxylic acids is 1. The summed E-state index contributed by atoms with van der Waals surface area (Å²) in [6.07, 6.45) is 1.73. The summed E-state index contributed by atoms with van der Waals surface area (Å²) in [6.45, 7) is 7.00. The van der Waals surface area contributed by atoms with Gasteiger partial charge in [0.15, 0.2) is 0 Å². The number of hydrogen-bond donors (Lipinski definition) is 1. The van der Waals surface area contributed by atoms with E-state index in [9.17, 15) is 4.79 Å². The summed E-state index contributed by atoms with van der Waals surface area (Å²) >= 11 is -0.139. The Kier molecular flexibility index (Phi) is 7.93. The van der Waals surface area contributed by atoms with Crippen LogP contribution in [-0.4, -0.2) is 49.9 Å². The Hall–Kier alpha value is -0.238. The van der Waals surface area contributed by atoms with Crippen molar-refractivity contribution in [2.75, 3.05) is 13.1 Å². The number of hydrogen-bond acceptors (Lipinski definition) is 3. The van der Waals surface area contributed by atoms with Gasteiger partial charge in [-0.3, -0.25) is 0 Å². The standard InChI is InChI=1S/C10H20N2O2.3CH3.Al/c1-10(2,3)14-9(13)12-6-4-5-8(11)7-12;;;;/h8H,4-7,11H2,1-3H3;3*1H3;/t8-;;;;/m0..../s1. The van der Waals surface area contributed by atoms with E-state index in [1.165, 1.54) is 0 Å². The average Bonchev–Trinajstić information content (AvgIpc) is 2.14. The van der Waals surface area contributed by atoms with Gasteiger partial charge in [0.1, 0.15) is 5.60 Å². The summed E-state index contributed by atoms with van der Waals surface area (Å²) in [5, 5.41) is 0. The molecule has 0 unspecified atom stereocenters. The highest BCUT2D eigenvalue weighted by Crippen LogP contribution is 2.14. The van der Waals surface area contributed by atoms with Gasteiger partial charge in [0.25, 0.3) is 14.1 Å². The molecular weight excluding hydrogens is 243 g/mol. The summed E-state index contributed by atoms with van der Waals surface area (Å²) in [5.41, 5.74) is 5.36. The number of likely N-dealkylation sites (tertiary alicyclic amines) is 1. The first kappa shape index (κ1) is 17.8. The Bertz CT molecular complexity index is 249. The van der Waals surface area contributed by atoms with E-state index in [1.807, 2.05) is 20.8 Å². The van der Waals surface area contributed by atoms with Crippen molar-refractivity contribution in [1.29, 1.82) is 0 Å². The van der Waals surface area contributed by atoms with Crippen LogP contribution in [0.15, 0.2) is 0 Å². The van der Waals surface area contributed by atoms with Gasteiger partial charge in [0, 0.05) is 19.1 Å². The summed E-state index contributed by atoms with van der Waals surface area (Å²) in [6, 6.07) is 0.108. The van der Waals surface area contributed by atoms with Crippen LogP contribution >= 0.6 is 0 Å². The molecule has 0 spiro atoms. The monoisotopic (exact) mass is 272 g/mol. The van der Waals surface area contributed by atoms with Gasteiger partial charge in [-0.2, -0.15) is 0 Å². The number of rotatable bonds is 0.